The van der Waals surface area contributed by atoms with E-state index in [-0.39, 0.29) is 5.78 Å². The Hall–Kier alpha value is -7.62. The minimum absolute atomic E-state index is 0.120. The summed E-state index contributed by atoms with van der Waals surface area (Å²) in [5.74, 6) is 0.277. The van der Waals surface area contributed by atoms with Crippen molar-refractivity contribution >= 4 is 59.9 Å². The Kier molecular flexibility index (Phi) is 7.65. The van der Waals surface area contributed by atoms with Gasteiger partial charge in [0.05, 0.1) is 11.0 Å². The normalized spacial score (nSPS) is 11.6. The number of para-hydroxylation sites is 3. The van der Waals surface area contributed by atoms with Gasteiger partial charge in [-0.15, -0.1) is 0 Å². The van der Waals surface area contributed by atoms with Gasteiger partial charge in [0.1, 0.15) is 0 Å². The van der Waals surface area contributed by atoms with Crippen molar-refractivity contribution < 1.29 is 4.79 Å². The van der Waals surface area contributed by atoms with Crippen molar-refractivity contribution in [1.82, 2.24) is 9.55 Å². The molecule has 0 fully saturated rings. The van der Waals surface area contributed by atoms with Crippen LogP contribution in [0.5, 0.6) is 0 Å². The molecular weight excluding hydrogens is 693 g/mol. The first-order chi connectivity index (χ1) is 28.2. The maximum Gasteiger partial charge on any atom is 0.228 e. The fourth-order valence-electron chi connectivity index (χ4n) is 8.63. The molecule has 0 unspecified atom stereocenters. The van der Waals surface area contributed by atoms with Crippen LogP contribution in [0.4, 0.5) is 0 Å². The van der Waals surface area contributed by atoms with Gasteiger partial charge in [-0.05, 0) is 119 Å². The molecule has 0 aliphatic carbocycles. The largest absolute Gasteiger partial charge is 0.290 e. The standard InChI is InChI=1S/C54H34N2O/c57-53(54-55-49-20-10-11-21-50(49)56(54)44-16-2-1-3-17-44)38-26-22-37(23-27-38)41-30-31-47-48(34-41)52(43-29-25-36-13-5-7-15-40(36)33-43)46-19-9-8-18-45(46)51(47)42-28-24-35-12-4-6-14-39(35)32-42/h1-34H. The smallest absolute Gasteiger partial charge is 0.228 e. The molecule has 0 bridgehead atoms. The highest BCUT2D eigenvalue weighted by atomic mass is 16.1. The minimum Gasteiger partial charge on any atom is -0.290 e. The van der Waals surface area contributed by atoms with Gasteiger partial charge in [0, 0.05) is 11.3 Å². The van der Waals surface area contributed by atoms with Gasteiger partial charge in [0.15, 0.2) is 5.82 Å². The van der Waals surface area contributed by atoms with E-state index in [1.807, 2.05) is 71.3 Å². The van der Waals surface area contributed by atoms with Gasteiger partial charge >= 0.3 is 0 Å². The average molecular weight is 727 g/mol. The monoisotopic (exact) mass is 726 g/mol. The molecule has 0 aliphatic rings. The van der Waals surface area contributed by atoms with E-state index in [2.05, 4.69) is 140 Å². The molecule has 57 heavy (non-hydrogen) atoms. The number of hydrogen-bond acceptors (Lipinski definition) is 2. The van der Waals surface area contributed by atoms with Crippen LogP contribution in [-0.4, -0.2) is 15.3 Å². The zero-order valence-electron chi connectivity index (χ0n) is 30.9. The molecule has 1 aromatic heterocycles. The third-order valence-corrected chi connectivity index (χ3v) is 11.4. The second kappa shape index (κ2) is 13.3. The van der Waals surface area contributed by atoms with Crippen LogP contribution in [0.1, 0.15) is 16.2 Å². The lowest BCUT2D eigenvalue weighted by atomic mass is 9.84. The molecule has 0 spiro atoms. The van der Waals surface area contributed by atoms with Crippen LogP contribution >= 0.6 is 0 Å². The van der Waals surface area contributed by atoms with E-state index in [1.165, 1.54) is 65.3 Å². The summed E-state index contributed by atoms with van der Waals surface area (Å²) >= 11 is 0. The summed E-state index contributed by atoms with van der Waals surface area (Å²) in [7, 11) is 0. The Labute approximate surface area is 329 Å². The number of ketones is 1. The molecule has 0 N–H and O–H groups in total. The molecular formula is C54H34N2O. The fraction of sp³-hybridized carbons (Fsp3) is 0. The molecule has 0 radical (unpaired) electrons. The van der Waals surface area contributed by atoms with E-state index >= 15 is 0 Å². The second-order valence-corrected chi connectivity index (χ2v) is 14.7. The van der Waals surface area contributed by atoms with Gasteiger partial charge in [0.2, 0.25) is 5.78 Å². The maximum atomic E-state index is 14.2. The molecule has 0 saturated carbocycles. The first kappa shape index (κ1) is 32.8. The predicted molar refractivity (Wildman–Crippen MR) is 237 cm³/mol. The maximum absolute atomic E-state index is 14.2. The molecule has 266 valence electrons. The first-order valence-corrected chi connectivity index (χ1v) is 19.3. The van der Waals surface area contributed by atoms with Gasteiger partial charge in [-0.25, -0.2) is 4.98 Å². The average Bonchev–Trinajstić information content (AvgIpc) is 3.67. The zero-order chi connectivity index (χ0) is 37.9. The highest BCUT2D eigenvalue weighted by Gasteiger charge is 2.22. The van der Waals surface area contributed by atoms with Crippen LogP contribution < -0.4 is 0 Å². The Morgan fingerprint density at radius 2 is 0.895 bits per heavy atom. The molecule has 0 saturated heterocycles. The molecule has 11 aromatic rings. The highest BCUT2D eigenvalue weighted by Crippen LogP contribution is 2.45. The van der Waals surface area contributed by atoms with Gasteiger partial charge < -0.3 is 0 Å². The second-order valence-electron chi connectivity index (χ2n) is 14.7. The molecule has 11 rings (SSSR count). The topological polar surface area (TPSA) is 34.9 Å². The van der Waals surface area contributed by atoms with Crippen LogP contribution in [0.15, 0.2) is 206 Å². The van der Waals surface area contributed by atoms with Crippen LogP contribution in [0.25, 0.3) is 93.2 Å². The molecule has 0 amide bonds. The van der Waals surface area contributed by atoms with Crippen molar-refractivity contribution in [2.45, 2.75) is 0 Å². The number of aromatic nitrogens is 2. The van der Waals surface area contributed by atoms with Crippen molar-refractivity contribution in [3.8, 4) is 39.1 Å². The van der Waals surface area contributed by atoms with Gasteiger partial charge in [-0.2, -0.15) is 0 Å². The zero-order valence-corrected chi connectivity index (χ0v) is 30.9. The molecule has 1 heterocycles. The Bertz CT molecular complexity index is 3360. The highest BCUT2D eigenvalue weighted by molar-refractivity contribution is 6.22. The summed E-state index contributed by atoms with van der Waals surface area (Å²) in [4.78, 5) is 19.0. The summed E-state index contributed by atoms with van der Waals surface area (Å²) in [5.41, 5.74) is 10.1. The summed E-state index contributed by atoms with van der Waals surface area (Å²) in [6.07, 6.45) is 0. The van der Waals surface area contributed by atoms with Crippen LogP contribution in [0.3, 0.4) is 0 Å². The quantitative estimate of drug-likeness (QED) is 0.126. The van der Waals surface area contributed by atoms with Crippen LogP contribution in [-0.2, 0) is 0 Å². The van der Waals surface area contributed by atoms with Crippen molar-refractivity contribution in [2.24, 2.45) is 0 Å². The third kappa shape index (κ3) is 5.51. The van der Waals surface area contributed by atoms with E-state index in [0.717, 1.165) is 27.8 Å². The van der Waals surface area contributed by atoms with E-state index < -0.39 is 0 Å². The number of fused-ring (bicyclic) bond motifs is 5. The van der Waals surface area contributed by atoms with E-state index in [1.54, 1.807) is 0 Å². The van der Waals surface area contributed by atoms with Gasteiger partial charge in [-0.1, -0.05) is 164 Å². The molecule has 3 heteroatoms. The molecule has 3 nitrogen and oxygen atoms in total. The fourth-order valence-corrected chi connectivity index (χ4v) is 8.63. The van der Waals surface area contributed by atoms with Crippen molar-refractivity contribution in [3.05, 3.63) is 218 Å². The number of nitrogens with zero attached hydrogens (tertiary/aromatic N) is 2. The summed E-state index contributed by atoms with van der Waals surface area (Å²) in [6, 6.07) is 72.2. The summed E-state index contributed by atoms with van der Waals surface area (Å²) < 4.78 is 1.96. The Morgan fingerprint density at radius 3 is 1.56 bits per heavy atom. The van der Waals surface area contributed by atoms with Crippen molar-refractivity contribution in [3.63, 3.8) is 0 Å². The van der Waals surface area contributed by atoms with Crippen molar-refractivity contribution in [1.29, 1.82) is 0 Å². The van der Waals surface area contributed by atoms with E-state index in [9.17, 15) is 4.79 Å². The first-order valence-electron chi connectivity index (χ1n) is 19.3. The number of carbonyl (C=O) groups is 1. The molecule has 10 aromatic carbocycles. The Morgan fingerprint density at radius 1 is 0.386 bits per heavy atom. The summed E-state index contributed by atoms with van der Waals surface area (Å²) in [5, 5.41) is 9.69. The predicted octanol–water partition coefficient (Wildman–Crippen LogP) is 13.9. The van der Waals surface area contributed by atoms with Crippen LogP contribution in [0.2, 0.25) is 0 Å². The number of benzene rings is 10. The number of carbonyl (C=O) groups excluding carboxylic acids is 1. The Balaban J connectivity index is 1.08. The number of imidazole rings is 1. The summed E-state index contributed by atoms with van der Waals surface area (Å²) in [6.45, 7) is 0. The van der Waals surface area contributed by atoms with Gasteiger partial charge in [-0.3, -0.25) is 9.36 Å². The number of rotatable bonds is 6. The third-order valence-electron chi connectivity index (χ3n) is 11.4. The molecule has 0 atom stereocenters. The lowest BCUT2D eigenvalue weighted by Crippen LogP contribution is -2.10. The minimum atomic E-state index is -0.120. The van der Waals surface area contributed by atoms with Crippen LogP contribution in [0, 0.1) is 0 Å². The SMILES string of the molecule is O=C(c1ccc(-c2ccc3c(-c4ccc5ccccc5c4)c4ccccc4c(-c4ccc5ccccc5c4)c3c2)cc1)c1nc2ccccc2n1-c1ccccc1. The van der Waals surface area contributed by atoms with E-state index in [4.69, 9.17) is 4.98 Å². The van der Waals surface area contributed by atoms with Crippen molar-refractivity contribution in [2.75, 3.05) is 0 Å². The van der Waals surface area contributed by atoms with E-state index in [0.29, 0.717) is 11.4 Å². The lowest BCUT2D eigenvalue weighted by Gasteiger charge is -2.19. The van der Waals surface area contributed by atoms with Gasteiger partial charge in [0.25, 0.3) is 0 Å². The molecule has 0 aliphatic heterocycles. The lowest BCUT2D eigenvalue weighted by molar-refractivity contribution is 0.102. The number of hydrogen-bond donors (Lipinski definition) is 0.